The van der Waals surface area contributed by atoms with Gasteiger partial charge in [-0.3, -0.25) is 0 Å². The van der Waals surface area contributed by atoms with E-state index in [1.54, 1.807) is 7.11 Å². The Morgan fingerprint density at radius 2 is 2.54 bits per heavy atom. The van der Waals surface area contributed by atoms with Crippen LogP contribution in [0, 0.1) is 0 Å². The largest absolute Gasteiger partial charge is 0.443 e. The van der Waals surface area contributed by atoms with Gasteiger partial charge in [-0.2, -0.15) is 0 Å². The fourth-order valence-corrected chi connectivity index (χ4v) is 1.64. The van der Waals surface area contributed by atoms with Crippen LogP contribution in [0.2, 0.25) is 0 Å². The number of aryl methyl sites for hydroxylation is 1. The van der Waals surface area contributed by atoms with E-state index in [4.69, 9.17) is 14.9 Å². The van der Waals surface area contributed by atoms with E-state index in [1.165, 1.54) is 0 Å². The Hall–Kier alpha value is -0.870. The van der Waals surface area contributed by atoms with Gasteiger partial charge in [-0.15, -0.1) is 0 Å². The van der Waals surface area contributed by atoms with Crippen molar-refractivity contribution in [2.75, 3.05) is 7.11 Å². The van der Waals surface area contributed by atoms with Crippen LogP contribution >= 0.6 is 0 Å². The van der Waals surface area contributed by atoms with Gasteiger partial charge >= 0.3 is 0 Å². The average molecular weight is 182 g/mol. The Bertz CT molecular complexity index is 296. The van der Waals surface area contributed by atoms with Gasteiger partial charge in [-0.05, 0) is 6.42 Å². The highest BCUT2D eigenvalue weighted by atomic mass is 16.5. The first kappa shape index (κ1) is 8.72. The lowest BCUT2D eigenvalue weighted by Crippen LogP contribution is -2.27. The Morgan fingerprint density at radius 3 is 3.31 bits per heavy atom. The number of aromatic nitrogens is 1. The second-order valence-corrected chi connectivity index (χ2v) is 3.41. The summed E-state index contributed by atoms with van der Waals surface area (Å²) < 4.78 is 10.4. The molecule has 0 aliphatic heterocycles. The van der Waals surface area contributed by atoms with Gasteiger partial charge in [-0.25, -0.2) is 4.98 Å². The van der Waals surface area contributed by atoms with Crippen molar-refractivity contribution in [2.45, 2.75) is 31.9 Å². The highest BCUT2D eigenvalue weighted by Gasteiger charge is 2.21. The number of fused-ring (bicyclic) bond motifs is 1. The van der Waals surface area contributed by atoms with Crippen molar-refractivity contribution >= 4 is 0 Å². The fourth-order valence-electron chi connectivity index (χ4n) is 1.64. The molecule has 0 bridgehead atoms. The Balaban J connectivity index is 2.18. The lowest BCUT2D eigenvalue weighted by molar-refractivity contribution is 0.158. The van der Waals surface area contributed by atoms with E-state index < -0.39 is 0 Å². The molecule has 0 aromatic carbocycles. The molecule has 13 heavy (non-hydrogen) atoms. The number of rotatable bonds is 2. The molecule has 0 spiro atoms. The summed E-state index contributed by atoms with van der Waals surface area (Å²) in [5.74, 6) is 1.66. The number of nitrogens with zero attached hydrogens (tertiary/aromatic N) is 1. The first-order valence-corrected chi connectivity index (χ1v) is 4.51. The number of hydrogen-bond acceptors (Lipinski definition) is 4. The van der Waals surface area contributed by atoms with E-state index in [0.717, 1.165) is 30.7 Å². The zero-order valence-electron chi connectivity index (χ0n) is 7.75. The molecule has 2 N–H and O–H groups in total. The molecule has 0 amide bonds. The molecular weight excluding hydrogens is 168 g/mol. The quantitative estimate of drug-likeness (QED) is 0.729. The predicted molar refractivity (Wildman–Crippen MR) is 47.2 cm³/mol. The summed E-state index contributed by atoms with van der Waals surface area (Å²) >= 11 is 0. The molecule has 72 valence electrons. The molecule has 0 saturated carbocycles. The number of nitrogens with two attached hydrogens (primary N) is 1. The van der Waals surface area contributed by atoms with E-state index >= 15 is 0 Å². The van der Waals surface area contributed by atoms with Crippen LogP contribution in [0.4, 0.5) is 0 Å². The van der Waals surface area contributed by atoms with Crippen molar-refractivity contribution < 1.29 is 9.15 Å². The fraction of sp³-hybridized carbons (Fsp3) is 0.667. The third kappa shape index (κ3) is 1.73. The van der Waals surface area contributed by atoms with Crippen LogP contribution < -0.4 is 5.73 Å². The lowest BCUT2D eigenvalue weighted by atomic mass is 9.98. The minimum absolute atomic E-state index is 0.244. The van der Waals surface area contributed by atoms with Gasteiger partial charge in [0.05, 0.1) is 5.69 Å². The molecule has 2 rings (SSSR count). The summed E-state index contributed by atoms with van der Waals surface area (Å²) in [5.41, 5.74) is 6.84. The molecule has 0 fully saturated rings. The van der Waals surface area contributed by atoms with Crippen molar-refractivity contribution in [1.82, 2.24) is 4.98 Å². The second kappa shape index (κ2) is 3.47. The molecule has 4 nitrogen and oxygen atoms in total. The highest BCUT2D eigenvalue weighted by molar-refractivity contribution is 5.15. The minimum Gasteiger partial charge on any atom is -0.443 e. The summed E-state index contributed by atoms with van der Waals surface area (Å²) in [6, 6.07) is 0.244. The van der Waals surface area contributed by atoms with Crippen LogP contribution in [0.15, 0.2) is 4.42 Å². The van der Waals surface area contributed by atoms with E-state index in [9.17, 15) is 0 Å². The second-order valence-electron chi connectivity index (χ2n) is 3.41. The highest BCUT2D eigenvalue weighted by Crippen LogP contribution is 2.21. The van der Waals surface area contributed by atoms with Crippen LogP contribution in [0.5, 0.6) is 0 Å². The third-order valence-electron chi connectivity index (χ3n) is 2.29. The van der Waals surface area contributed by atoms with Crippen LogP contribution in [-0.4, -0.2) is 18.1 Å². The molecule has 4 heteroatoms. The number of oxazole rings is 1. The molecule has 1 atom stereocenters. The molecule has 1 heterocycles. The van der Waals surface area contributed by atoms with Crippen molar-refractivity contribution in [3.63, 3.8) is 0 Å². The molecular formula is C9H14N2O2. The molecule has 1 aliphatic carbocycles. The number of hydrogen-bond donors (Lipinski definition) is 1. The maximum Gasteiger partial charge on any atom is 0.220 e. The maximum absolute atomic E-state index is 5.82. The number of methoxy groups -OCH3 is 1. The minimum atomic E-state index is 0.244. The van der Waals surface area contributed by atoms with Crippen LogP contribution in [0.1, 0.15) is 23.8 Å². The Labute approximate surface area is 77.1 Å². The third-order valence-corrected chi connectivity index (χ3v) is 2.29. The van der Waals surface area contributed by atoms with Gasteiger partial charge in [0.15, 0.2) is 0 Å². The van der Waals surface area contributed by atoms with E-state index in [2.05, 4.69) is 4.98 Å². The summed E-state index contributed by atoms with van der Waals surface area (Å²) in [7, 11) is 1.63. The zero-order chi connectivity index (χ0) is 9.26. The van der Waals surface area contributed by atoms with Crippen molar-refractivity contribution in [1.29, 1.82) is 0 Å². The average Bonchev–Trinajstić information content (AvgIpc) is 2.46. The first-order chi connectivity index (χ1) is 6.29. The van der Waals surface area contributed by atoms with Gasteiger partial charge in [0.1, 0.15) is 12.4 Å². The summed E-state index contributed by atoms with van der Waals surface area (Å²) in [5, 5.41) is 0. The Kier molecular flexibility index (Phi) is 2.33. The van der Waals surface area contributed by atoms with Crippen LogP contribution in [-0.2, 0) is 24.2 Å². The topological polar surface area (TPSA) is 61.3 Å². The van der Waals surface area contributed by atoms with Gasteiger partial charge in [0.2, 0.25) is 5.89 Å². The maximum atomic E-state index is 5.82. The summed E-state index contributed by atoms with van der Waals surface area (Å²) in [4.78, 5) is 4.32. The molecule has 1 unspecified atom stereocenters. The molecule has 0 saturated heterocycles. The van der Waals surface area contributed by atoms with Crippen LogP contribution in [0.3, 0.4) is 0 Å². The first-order valence-electron chi connectivity index (χ1n) is 4.51. The van der Waals surface area contributed by atoms with Crippen molar-refractivity contribution in [2.24, 2.45) is 5.73 Å². The Morgan fingerprint density at radius 1 is 1.69 bits per heavy atom. The predicted octanol–water partition coefficient (Wildman–Crippen LogP) is 0.637. The summed E-state index contributed by atoms with van der Waals surface area (Å²) in [6.07, 6.45) is 2.74. The standard InChI is InChI=1S/C9H14N2O2/c1-12-5-9-11-7-4-6(10)2-3-8(7)13-9/h6H,2-5,10H2,1H3. The van der Waals surface area contributed by atoms with E-state index in [-0.39, 0.29) is 6.04 Å². The lowest BCUT2D eigenvalue weighted by Gasteiger charge is -2.14. The molecule has 1 aromatic heterocycles. The van der Waals surface area contributed by atoms with Crippen LogP contribution in [0.25, 0.3) is 0 Å². The molecule has 1 aliphatic rings. The van der Waals surface area contributed by atoms with Gasteiger partial charge in [0, 0.05) is 26.0 Å². The van der Waals surface area contributed by atoms with Gasteiger partial charge in [-0.1, -0.05) is 0 Å². The smallest absolute Gasteiger partial charge is 0.220 e. The normalized spacial score (nSPS) is 21.5. The number of ether oxygens (including phenoxy) is 1. The van der Waals surface area contributed by atoms with Gasteiger partial charge in [0.25, 0.3) is 0 Å². The van der Waals surface area contributed by atoms with Crippen molar-refractivity contribution in [3.8, 4) is 0 Å². The van der Waals surface area contributed by atoms with E-state index in [0.29, 0.717) is 12.5 Å². The van der Waals surface area contributed by atoms with E-state index in [1.807, 2.05) is 0 Å². The van der Waals surface area contributed by atoms with Crippen molar-refractivity contribution in [3.05, 3.63) is 17.3 Å². The molecule has 1 aromatic rings. The summed E-state index contributed by atoms with van der Waals surface area (Å²) in [6.45, 7) is 0.447. The SMILES string of the molecule is COCc1nc2c(o1)CCC(N)C2. The molecule has 0 radical (unpaired) electrons. The monoisotopic (exact) mass is 182 g/mol. The van der Waals surface area contributed by atoms with Gasteiger partial charge < -0.3 is 14.9 Å². The zero-order valence-corrected chi connectivity index (χ0v) is 7.75.